The second kappa shape index (κ2) is 9.03. The standard InChI is InChI=1S/C17H20N4O3S/c1-3-13(15(22)20-11-8-6-5-7-9-11)25-17-19-10-12(14(18)21-17)16(23)24-4-2/h5-10,13H,3-4H2,1-2H3,(H,20,22)(H2,18,19,21)/t13-/m0/s1. The Hall–Kier alpha value is -2.61. The number of rotatable bonds is 7. The van der Waals surface area contributed by atoms with E-state index in [0.29, 0.717) is 11.6 Å². The number of ether oxygens (including phenoxy) is 1. The fourth-order valence-electron chi connectivity index (χ4n) is 1.99. The van der Waals surface area contributed by atoms with Crippen LogP contribution in [-0.2, 0) is 9.53 Å². The van der Waals surface area contributed by atoms with Crippen molar-refractivity contribution in [3.05, 3.63) is 42.1 Å². The van der Waals surface area contributed by atoms with E-state index in [9.17, 15) is 9.59 Å². The van der Waals surface area contributed by atoms with Gasteiger partial charge in [-0.15, -0.1) is 0 Å². The number of para-hydroxylation sites is 1. The molecule has 0 spiro atoms. The van der Waals surface area contributed by atoms with Crippen LogP contribution in [0.5, 0.6) is 0 Å². The van der Waals surface area contributed by atoms with Crippen molar-refractivity contribution in [3.8, 4) is 0 Å². The van der Waals surface area contributed by atoms with Crippen molar-refractivity contribution in [1.29, 1.82) is 0 Å². The van der Waals surface area contributed by atoms with E-state index in [2.05, 4.69) is 15.3 Å². The summed E-state index contributed by atoms with van der Waals surface area (Å²) in [6.45, 7) is 3.85. The lowest BCUT2D eigenvalue weighted by Gasteiger charge is -2.14. The molecular weight excluding hydrogens is 340 g/mol. The third-order valence-corrected chi connectivity index (χ3v) is 4.48. The van der Waals surface area contributed by atoms with Gasteiger partial charge < -0.3 is 15.8 Å². The Morgan fingerprint density at radius 1 is 1.28 bits per heavy atom. The van der Waals surface area contributed by atoms with E-state index in [1.807, 2.05) is 37.3 Å². The molecular formula is C17H20N4O3S. The average molecular weight is 360 g/mol. The maximum Gasteiger partial charge on any atom is 0.343 e. The van der Waals surface area contributed by atoms with Gasteiger partial charge in [0.05, 0.1) is 11.9 Å². The van der Waals surface area contributed by atoms with Gasteiger partial charge in [-0.1, -0.05) is 36.9 Å². The van der Waals surface area contributed by atoms with Crippen molar-refractivity contribution >= 4 is 35.1 Å². The van der Waals surface area contributed by atoms with Crippen LogP contribution < -0.4 is 11.1 Å². The molecule has 0 fully saturated rings. The van der Waals surface area contributed by atoms with Gasteiger partial charge in [0.15, 0.2) is 5.16 Å². The zero-order chi connectivity index (χ0) is 18.2. The van der Waals surface area contributed by atoms with Crippen LogP contribution in [0.1, 0.15) is 30.6 Å². The molecule has 1 aromatic carbocycles. The number of nitrogens with one attached hydrogen (secondary N) is 1. The molecule has 132 valence electrons. The molecule has 8 heteroatoms. The summed E-state index contributed by atoms with van der Waals surface area (Å²) in [6, 6.07) is 9.21. The van der Waals surface area contributed by atoms with Gasteiger partial charge in [0, 0.05) is 11.9 Å². The normalized spacial score (nSPS) is 11.6. The minimum atomic E-state index is -0.564. The van der Waals surface area contributed by atoms with E-state index < -0.39 is 5.97 Å². The Bertz CT molecular complexity index is 740. The SMILES string of the molecule is CCOC(=O)c1cnc(S[C@@H](CC)C(=O)Nc2ccccc2)nc1N. The van der Waals surface area contributed by atoms with Crippen LogP contribution in [0.2, 0.25) is 0 Å². The number of nitrogens with two attached hydrogens (primary N) is 1. The topological polar surface area (TPSA) is 107 Å². The van der Waals surface area contributed by atoms with Gasteiger partial charge in [-0.3, -0.25) is 4.79 Å². The summed E-state index contributed by atoms with van der Waals surface area (Å²) >= 11 is 1.20. The molecule has 25 heavy (non-hydrogen) atoms. The van der Waals surface area contributed by atoms with Crippen molar-refractivity contribution in [3.63, 3.8) is 0 Å². The van der Waals surface area contributed by atoms with Crippen LogP contribution in [0.25, 0.3) is 0 Å². The van der Waals surface area contributed by atoms with Crippen LogP contribution >= 0.6 is 11.8 Å². The highest BCUT2D eigenvalue weighted by molar-refractivity contribution is 8.00. The van der Waals surface area contributed by atoms with Gasteiger partial charge in [-0.2, -0.15) is 0 Å². The number of aromatic nitrogens is 2. The van der Waals surface area contributed by atoms with Gasteiger partial charge in [0.1, 0.15) is 11.4 Å². The number of amides is 1. The summed E-state index contributed by atoms with van der Waals surface area (Å²) < 4.78 is 4.89. The van der Waals surface area contributed by atoms with Gasteiger partial charge in [0.2, 0.25) is 5.91 Å². The molecule has 2 rings (SSSR count). The molecule has 1 aromatic heterocycles. The second-order valence-electron chi connectivity index (χ2n) is 5.04. The Labute approximate surface area is 150 Å². The van der Waals surface area contributed by atoms with Crippen LogP contribution in [0, 0.1) is 0 Å². The predicted molar refractivity (Wildman–Crippen MR) is 97.4 cm³/mol. The number of carbonyl (C=O) groups excluding carboxylic acids is 2. The van der Waals surface area contributed by atoms with Crippen LogP contribution in [0.15, 0.2) is 41.7 Å². The van der Waals surface area contributed by atoms with Gasteiger partial charge in [-0.05, 0) is 25.5 Å². The minimum Gasteiger partial charge on any atom is -0.462 e. The maximum absolute atomic E-state index is 12.4. The number of nitrogen functional groups attached to an aromatic ring is 1. The zero-order valence-corrected chi connectivity index (χ0v) is 14.9. The molecule has 1 heterocycles. The van der Waals surface area contributed by atoms with E-state index in [-0.39, 0.29) is 29.1 Å². The number of nitrogens with zero attached hydrogens (tertiary/aromatic N) is 2. The van der Waals surface area contributed by atoms with Crippen molar-refractivity contribution < 1.29 is 14.3 Å². The minimum absolute atomic E-state index is 0.0364. The molecule has 0 aliphatic heterocycles. The van der Waals surface area contributed by atoms with E-state index in [4.69, 9.17) is 10.5 Å². The maximum atomic E-state index is 12.4. The Morgan fingerprint density at radius 3 is 2.60 bits per heavy atom. The van der Waals surface area contributed by atoms with E-state index in [1.165, 1.54) is 18.0 Å². The van der Waals surface area contributed by atoms with Gasteiger partial charge in [-0.25, -0.2) is 14.8 Å². The molecule has 0 saturated carbocycles. The molecule has 3 N–H and O–H groups in total. The fraction of sp³-hybridized carbons (Fsp3) is 0.294. The van der Waals surface area contributed by atoms with Gasteiger partial charge in [0.25, 0.3) is 0 Å². The molecule has 0 aliphatic rings. The van der Waals surface area contributed by atoms with Gasteiger partial charge >= 0.3 is 5.97 Å². The highest BCUT2D eigenvalue weighted by Gasteiger charge is 2.21. The van der Waals surface area contributed by atoms with E-state index in [1.54, 1.807) is 6.92 Å². The number of hydrogen-bond acceptors (Lipinski definition) is 7. The summed E-state index contributed by atoms with van der Waals surface area (Å²) in [5.41, 5.74) is 6.65. The third-order valence-electron chi connectivity index (χ3n) is 3.24. The Balaban J connectivity index is 2.07. The lowest BCUT2D eigenvalue weighted by atomic mass is 10.3. The first kappa shape index (κ1) is 18.7. The fourth-order valence-corrected chi connectivity index (χ4v) is 2.85. The summed E-state index contributed by atoms with van der Waals surface area (Å²) in [5, 5.41) is 2.81. The molecule has 0 radical (unpaired) electrons. The molecule has 0 unspecified atom stereocenters. The Kier molecular flexibility index (Phi) is 6.76. The number of anilines is 2. The molecule has 0 aliphatic carbocycles. The first-order valence-electron chi connectivity index (χ1n) is 7.87. The third kappa shape index (κ3) is 5.18. The molecule has 0 saturated heterocycles. The summed E-state index contributed by atoms with van der Waals surface area (Å²) in [6.07, 6.45) is 1.91. The predicted octanol–water partition coefficient (Wildman–Crippen LogP) is 2.74. The van der Waals surface area contributed by atoms with E-state index >= 15 is 0 Å². The number of hydrogen-bond donors (Lipinski definition) is 2. The van der Waals surface area contributed by atoms with Crippen LogP contribution in [0.3, 0.4) is 0 Å². The van der Waals surface area contributed by atoms with Crippen LogP contribution in [-0.4, -0.2) is 33.7 Å². The number of carbonyl (C=O) groups is 2. The first-order chi connectivity index (χ1) is 12.0. The van der Waals surface area contributed by atoms with Crippen LogP contribution in [0.4, 0.5) is 11.5 Å². The smallest absolute Gasteiger partial charge is 0.343 e. The molecule has 2 aromatic rings. The second-order valence-corrected chi connectivity index (χ2v) is 6.21. The lowest BCUT2D eigenvalue weighted by Crippen LogP contribution is -2.25. The summed E-state index contributed by atoms with van der Waals surface area (Å²) in [7, 11) is 0. The van der Waals surface area contributed by atoms with Crippen molar-refractivity contribution in [1.82, 2.24) is 9.97 Å². The Morgan fingerprint density at radius 2 is 2.00 bits per heavy atom. The molecule has 7 nitrogen and oxygen atoms in total. The monoisotopic (exact) mass is 360 g/mol. The number of esters is 1. The van der Waals surface area contributed by atoms with E-state index in [0.717, 1.165) is 5.69 Å². The number of thioether (sulfide) groups is 1. The summed E-state index contributed by atoms with van der Waals surface area (Å²) in [4.78, 5) is 32.3. The lowest BCUT2D eigenvalue weighted by molar-refractivity contribution is -0.115. The zero-order valence-electron chi connectivity index (χ0n) is 14.1. The molecule has 1 amide bonds. The van der Waals surface area contributed by atoms with Crippen molar-refractivity contribution in [2.75, 3.05) is 17.7 Å². The number of benzene rings is 1. The summed E-state index contributed by atoms with van der Waals surface area (Å²) in [5.74, 6) is -0.671. The first-order valence-corrected chi connectivity index (χ1v) is 8.75. The largest absolute Gasteiger partial charge is 0.462 e. The molecule has 1 atom stereocenters. The molecule has 0 bridgehead atoms. The highest BCUT2D eigenvalue weighted by atomic mass is 32.2. The highest BCUT2D eigenvalue weighted by Crippen LogP contribution is 2.25. The average Bonchev–Trinajstić information content (AvgIpc) is 2.60. The quantitative estimate of drug-likeness (QED) is 0.444. The van der Waals surface area contributed by atoms with Crippen molar-refractivity contribution in [2.24, 2.45) is 0 Å². The van der Waals surface area contributed by atoms with Crippen molar-refractivity contribution in [2.45, 2.75) is 30.7 Å².